The van der Waals surface area contributed by atoms with Gasteiger partial charge in [0.25, 0.3) is 5.91 Å². The monoisotopic (exact) mass is 337 g/mol. The van der Waals surface area contributed by atoms with Gasteiger partial charge in [-0.25, -0.2) is 0 Å². The first-order chi connectivity index (χ1) is 11.4. The van der Waals surface area contributed by atoms with Gasteiger partial charge < -0.3 is 10.1 Å². The van der Waals surface area contributed by atoms with Crippen molar-refractivity contribution in [2.24, 2.45) is 0 Å². The fraction of sp³-hybridized carbons (Fsp3) is 0.278. The Hall–Kier alpha value is -2.50. The van der Waals surface area contributed by atoms with Crippen molar-refractivity contribution in [1.82, 2.24) is 5.32 Å². The summed E-state index contributed by atoms with van der Waals surface area (Å²) < 4.78 is 45.4. The number of ether oxygens (including phenoxy) is 1. The number of rotatable bonds is 6. The average molecular weight is 337 g/mol. The van der Waals surface area contributed by atoms with Gasteiger partial charge in [-0.3, -0.25) is 4.79 Å². The normalized spacial score (nSPS) is 12.5. The van der Waals surface area contributed by atoms with Crippen LogP contribution in [0.1, 0.15) is 22.8 Å². The second-order valence-corrected chi connectivity index (χ2v) is 5.18. The number of halogens is 3. The van der Waals surface area contributed by atoms with Gasteiger partial charge in [0.1, 0.15) is 11.8 Å². The quantitative estimate of drug-likeness (QED) is 0.866. The number of alkyl halides is 3. The Morgan fingerprint density at radius 1 is 1.08 bits per heavy atom. The van der Waals surface area contributed by atoms with E-state index in [1.165, 1.54) is 12.1 Å². The molecule has 1 amide bonds. The standard InChI is InChI=1S/C18H18F3NO2/c1-2-24-15-11-7-6-10-14(15)12-16(18(19,20)21)22-17(23)13-8-4-3-5-9-13/h3-11,16H,2,12H2,1H3,(H,22,23)/t16-/m1/s1. The van der Waals surface area contributed by atoms with Gasteiger partial charge in [-0.05, 0) is 30.7 Å². The van der Waals surface area contributed by atoms with Crippen molar-refractivity contribution in [2.45, 2.75) is 25.6 Å². The first kappa shape index (κ1) is 17.8. The summed E-state index contributed by atoms with van der Waals surface area (Å²) in [7, 11) is 0. The number of carbonyl (C=O) groups is 1. The van der Waals surface area contributed by atoms with E-state index in [2.05, 4.69) is 5.32 Å². The van der Waals surface area contributed by atoms with Gasteiger partial charge in [0.15, 0.2) is 0 Å². The zero-order valence-electron chi connectivity index (χ0n) is 13.1. The highest BCUT2D eigenvalue weighted by Crippen LogP contribution is 2.27. The van der Waals surface area contributed by atoms with Crippen molar-refractivity contribution in [3.8, 4) is 5.75 Å². The number of hydrogen-bond acceptors (Lipinski definition) is 2. The zero-order valence-corrected chi connectivity index (χ0v) is 13.1. The van der Waals surface area contributed by atoms with Crippen LogP contribution in [0.3, 0.4) is 0 Å². The molecule has 0 aliphatic heterocycles. The Labute approximate surface area is 138 Å². The molecule has 2 aromatic rings. The van der Waals surface area contributed by atoms with E-state index in [4.69, 9.17) is 4.74 Å². The van der Waals surface area contributed by atoms with Gasteiger partial charge in [0, 0.05) is 12.0 Å². The third-order valence-corrected chi connectivity index (χ3v) is 3.43. The summed E-state index contributed by atoms with van der Waals surface area (Å²) in [5, 5.41) is 2.07. The van der Waals surface area contributed by atoms with Gasteiger partial charge in [0.05, 0.1) is 6.61 Å². The Bertz CT molecular complexity index is 671. The topological polar surface area (TPSA) is 38.3 Å². The van der Waals surface area contributed by atoms with Crippen LogP contribution in [0.5, 0.6) is 5.75 Å². The van der Waals surface area contributed by atoms with E-state index in [1.54, 1.807) is 49.4 Å². The van der Waals surface area contributed by atoms with Crippen LogP contribution in [-0.2, 0) is 6.42 Å². The Morgan fingerprint density at radius 3 is 2.33 bits per heavy atom. The first-order valence-corrected chi connectivity index (χ1v) is 7.55. The summed E-state index contributed by atoms with van der Waals surface area (Å²) in [6, 6.07) is 12.4. The lowest BCUT2D eigenvalue weighted by Crippen LogP contribution is -2.46. The van der Waals surface area contributed by atoms with Crippen LogP contribution in [-0.4, -0.2) is 24.7 Å². The average Bonchev–Trinajstić information content (AvgIpc) is 2.56. The lowest BCUT2D eigenvalue weighted by molar-refractivity contribution is -0.153. The summed E-state index contributed by atoms with van der Waals surface area (Å²) in [5.41, 5.74) is 0.583. The fourth-order valence-corrected chi connectivity index (χ4v) is 2.27. The molecule has 1 atom stereocenters. The van der Waals surface area contributed by atoms with Gasteiger partial charge in [0.2, 0.25) is 0 Å². The molecule has 3 nitrogen and oxygen atoms in total. The molecular weight excluding hydrogens is 319 g/mol. The van der Waals surface area contributed by atoms with Crippen LogP contribution >= 0.6 is 0 Å². The number of benzene rings is 2. The van der Waals surface area contributed by atoms with Crippen LogP contribution in [0.15, 0.2) is 54.6 Å². The van der Waals surface area contributed by atoms with Crippen molar-refractivity contribution in [3.63, 3.8) is 0 Å². The van der Waals surface area contributed by atoms with Gasteiger partial charge >= 0.3 is 6.18 Å². The lowest BCUT2D eigenvalue weighted by Gasteiger charge is -2.23. The molecule has 6 heteroatoms. The van der Waals surface area contributed by atoms with Crippen LogP contribution in [0.25, 0.3) is 0 Å². The molecule has 0 aliphatic rings. The predicted molar refractivity (Wildman–Crippen MR) is 85.1 cm³/mol. The first-order valence-electron chi connectivity index (χ1n) is 7.55. The van der Waals surface area contributed by atoms with Crippen LogP contribution in [0.2, 0.25) is 0 Å². The molecule has 24 heavy (non-hydrogen) atoms. The van der Waals surface area contributed by atoms with E-state index in [0.717, 1.165) is 0 Å². The zero-order chi connectivity index (χ0) is 17.6. The number of nitrogens with one attached hydrogen (secondary N) is 1. The van der Waals surface area contributed by atoms with Crippen molar-refractivity contribution >= 4 is 5.91 Å². The number of para-hydroxylation sites is 1. The molecule has 2 rings (SSSR count). The molecule has 0 saturated heterocycles. The molecule has 0 spiro atoms. The summed E-state index contributed by atoms with van der Waals surface area (Å²) in [4.78, 5) is 12.1. The maximum absolute atomic E-state index is 13.3. The highest BCUT2D eigenvalue weighted by atomic mass is 19.4. The Kier molecular flexibility index (Phi) is 5.84. The molecule has 0 fully saturated rings. The summed E-state index contributed by atoms with van der Waals surface area (Å²) >= 11 is 0. The second-order valence-electron chi connectivity index (χ2n) is 5.18. The Morgan fingerprint density at radius 2 is 1.71 bits per heavy atom. The van der Waals surface area contributed by atoms with Crippen LogP contribution in [0, 0.1) is 0 Å². The van der Waals surface area contributed by atoms with E-state index < -0.39 is 24.5 Å². The maximum Gasteiger partial charge on any atom is 0.408 e. The summed E-state index contributed by atoms with van der Waals surface area (Å²) in [6.45, 7) is 2.11. The molecule has 0 aliphatic carbocycles. The minimum atomic E-state index is -4.57. The third-order valence-electron chi connectivity index (χ3n) is 3.43. The smallest absolute Gasteiger partial charge is 0.408 e. The lowest BCUT2D eigenvalue weighted by atomic mass is 10.0. The minimum Gasteiger partial charge on any atom is -0.494 e. The number of hydrogen-bond donors (Lipinski definition) is 1. The van der Waals surface area contributed by atoms with Crippen molar-refractivity contribution in [2.75, 3.05) is 6.61 Å². The van der Waals surface area contributed by atoms with Crippen molar-refractivity contribution < 1.29 is 22.7 Å². The van der Waals surface area contributed by atoms with E-state index in [1.807, 2.05) is 0 Å². The molecule has 2 aromatic carbocycles. The highest BCUT2D eigenvalue weighted by Gasteiger charge is 2.41. The van der Waals surface area contributed by atoms with Gasteiger partial charge in [-0.2, -0.15) is 13.2 Å². The van der Waals surface area contributed by atoms with Crippen molar-refractivity contribution in [1.29, 1.82) is 0 Å². The molecular formula is C18H18F3NO2. The van der Waals surface area contributed by atoms with Crippen LogP contribution in [0.4, 0.5) is 13.2 Å². The molecule has 0 saturated carbocycles. The highest BCUT2D eigenvalue weighted by molar-refractivity contribution is 5.94. The Balaban J connectivity index is 2.20. The summed E-state index contributed by atoms with van der Waals surface area (Å²) in [6.07, 6.45) is -4.96. The molecule has 0 aromatic heterocycles. The molecule has 0 unspecified atom stereocenters. The number of carbonyl (C=O) groups excluding carboxylic acids is 1. The molecule has 0 heterocycles. The molecule has 128 valence electrons. The largest absolute Gasteiger partial charge is 0.494 e. The van der Waals surface area contributed by atoms with Crippen LogP contribution < -0.4 is 10.1 Å². The number of amides is 1. The van der Waals surface area contributed by atoms with Gasteiger partial charge in [-0.15, -0.1) is 0 Å². The van der Waals surface area contributed by atoms with Crippen molar-refractivity contribution in [3.05, 3.63) is 65.7 Å². The third kappa shape index (κ3) is 4.75. The summed E-state index contributed by atoms with van der Waals surface area (Å²) in [5.74, 6) is -0.366. The second kappa shape index (κ2) is 7.86. The maximum atomic E-state index is 13.3. The molecule has 1 N–H and O–H groups in total. The van der Waals surface area contributed by atoms with E-state index >= 15 is 0 Å². The van der Waals surface area contributed by atoms with Gasteiger partial charge in [-0.1, -0.05) is 36.4 Å². The molecule has 0 radical (unpaired) electrons. The predicted octanol–water partition coefficient (Wildman–Crippen LogP) is 3.99. The fourth-order valence-electron chi connectivity index (χ4n) is 2.27. The van der Waals surface area contributed by atoms with E-state index in [9.17, 15) is 18.0 Å². The van der Waals surface area contributed by atoms with E-state index in [-0.39, 0.29) is 5.56 Å². The SMILES string of the molecule is CCOc1ccccc1C[C@@H](NC(=O)c1ccccc1)C(F)(F)F. The van der Waals surface area contributed by atoms with E-state index in [0.29, 0.717) is 17.9 Å². The minimum absolute atomic E-state index is 0.185. The molecule has 0 bridgehead atoms.